The Balaban J connectivity index is 1.79. The Kier molecular flexibility index (Phi) is 5.68. The number of carbonyl (C=O) groups excluding carboxylic acids is 1. The number of thiazole rings is 1. The van der Waals surface area contributed by atoms with E-state index in [0.29, 0.717) is 18.0 Å². The van der Waals surface area contributed by atoms with E-state index in [1.54, 1.807) is 11.3 Å². The van der Waals surface area contributed by atoms with Gasteiger partial charge in [0.05, 0.1) is 29.4 Å². The van der Waals surface area contributed by atoms with Gasteiger partial charge < -0.3 is 10.1 Å². The normalized spacial score (nSPS) is 10.6. The molecule has 5 heteroatoms. The summed E-state index contributed by atoms with van der Waals surface area (Å²) < 4.78 is 5.57. The lowest BCUT2D eigenvalue weighted by atomic mass is 10.1. The molecule has 134 valence electrons. The van der Waals surface area contributed by atoms with Gasteiger partial charge in [0.25, 0.3) is 0 Å². The summed E-state index contributed by atoms with van der Waals surface area (Å²) in [5.41, 5.74) is 3.82. The fraction of sp³-hybridized carbons (Fsp3) is 0.238. The van der Waals surface area contributed by atoms with E-state index in [1.165, 1.54) is 5.56 Å². The minimum atomic E-state index is -0.0748. The Morgan fingerprint density at radius 3 is 2.58 bits per heavy atom. The quantitative estimate of drug-likeness (QED) is 0.667. The number of rotatable bonds is 6. The number of para-hydroxylation sites is 2. The number of nitrogens with one attached hydrogen (secondary N) is 1. The van der Waals surface area contributed by atoms with Gasteiger partial charge in [-0.3, -0.25) is 4.79 Å². The van der Waals surface area contributed by atoms with Gasteiger partial charge in [-0.25, -0.2) is 4.98 Å². The highest BCUT2D eigenvalue weighted by Gasteiger charge is 2.16. The van der Waals surface area contributed by atoms with Gasteiger partial charge in [0, 0.05) is 10.4 Å². The second-order valence-electron chi connectivity index (χ2n) is 6.02. The van der Waals surface area contributed by atoms with E-state index >= 15 is 0 Å². The maximum atomic E-state index is 12.6. The maximum absolute atomic E-state index is 12.6. The highest BCUT2D eigenvalue weighted by atomic mass is 32.1. The molecule has 0 spiro atoms. The minimum absolute atomic E-state index is 0.0748. The van der Waals surface area contributed by atoms with E-state index in [4.69, 9.17) is 4.74 Å². The monoisotopic (exact) mass is 366 g/mol. The van der Waals surface area contributed by atoms with Crippen LogP contribution in [0.5, 0.6) is 5.75 Å². The van der Waals surface area contributed by atoms with Crippen LogP contribution >= 0.6 is 11.3 Å². The van der Waals surface area contributed by atoms with Gasteiger partial charge in [-0.05, 0) is 32.9 Å². The van der Waals surface area contributed by atoms with Gasteiger partial charge in [-0.15, -0.1) is 11.3 Å². The number of hydrogen-bond acceptors (Lipinski definition) is 4. The molecule has 1 aromatic heterocycles. The second-order valence-corrected chi connectivity index (χ2v) is 7.31. The van der Waals surface area contributed by atoms with Crippen LogP contribution < -0.4 is 10.1 Å². The highest BCUT2D eigenvalue weighted by Crippen LogP contribution is 2.30. The molecule has 0 saturated heterocycles. The van der Waals surface area contributed by atoms with Crippen molar-refractivity contribution in [2.45, 2.75) is 27.2 Å². The molecule has 4 nitrogen and oxygen atoms in total. The molecule has 2 aromatic carbocycles. The Morgan fingerprint density at radius 1 is 1.12 bits per heavy atom. The summed E-state index contributed by atoms with van der Waals surface area (Å²) in [5, 5.41) is 3.91. The number of hydrogen-bond donors (Lipinski definition) is 1. The predicted molar refractivity (Wildman–Crippen MR) is 107 cm³/mol. The van der Waals surface area contributed by atoms with Crippen molar-refractivity contribution in [3.8, 4) is 17.0 Å². The summed E-state index contributed by atoms with van der Waals surface area (Å²) in [6, 6.07) is 15.7. The molecule has 0 bridgehead atoms. The smallest absolute Gasteiger partial charge is 0.229 e. The van der Waals surface area contributed by atoms with Crippen molar-refractivity contribution in [2.75, 3.05) is 11.9 Å². The molecule has 0 saturated carbocycles. The van der Waals surface area contributed by atoms with Crippen molar-refractivity contribution in [2.24, 2.45) is 0 Å². The van der Waals surface area contributed by atoms with E-state index in [0.717, 1.165) is 21.1 Å². The molecule has 1 heterocycles. The van der Waals surface area contributed by atoms with Crippen LogP contribution in [-0.2, 0) is 11.2 Å². The van der Waals surface area contributed by atoms with Crippen LogP contribution in [-0.4, -0.2) is 17.5 Å². The van der Waals surface area contributed by atoms with Crippen molar-refractivity contribution >= 4 is 22.9 Å². The first-order valence-electron chi connectivity index (χ1n) is 8.62. The zero-order valence-corrected chi connectivity index (χ0v) is 16.0. The minimum Gasteiger partial charge on any atom is -0.492 e. The van der Waals surface area contributed by atoms with Gasteiger partial charge in [0.2, 0.25) is 5.91 Å². The van der Waals surface area contributed by atoms with Crippen LogP contribution in [0.3, 0.4) is 0 Å². The fourth-order valence-electron chi connectivity index (χ4n) is 2.72. The average molecular weight is 366 g/mol. The van der Waals surface area contributed by atoms with Crippen LogP contribution in [0, 0.1) is 13.8 Å². The van der Waals surface area contributed by atoms with Crippen molar-refractivity contribution in [1.29, 1.82) is 0 Å². The number of carbonyl (C=O) groups is 1. The van der Waals surface area contributed by atoms with E-state index in [2.05, 4.69) is 41.5 Å². The highest BCUT2D eigenvalue weighted by molar-refractivity contribution is 7.12. The van der Waals surface area contributed by atoms with Crippen molar-refractivity contribution < 1.29 is 9.53 Å². The lowest BCUT2D eigenvalue weighted by Gasteiger charge is -2.11. The molecular weight excluding hydrogens is 344 g/mol. The first-order chi connectivity index (χ1) is 12.6. The summed E-state index contributed by atoms with van der Waals surface area (Å²) in [5.74, 6) is 0.608. The Labute approximate surface area is 157 Å². The molecule has 0 fully saturated rings. The van der Waals surface area contributed by atoms with Gasteiger partial charge >= 0.3 is 0 Å². The van der Waals surface area contributed by atoms with Crippen molar-refractivity contribution in [3.05, 3.63) is 64.0 Å². The third kappa shape index (κ3) is 4.29. The van der Waals surface area contributed by atoms with Crippen LogP contribution in [0.1, 0.15) is 22.4 Å². The molecule has 0 atom stereocenters. The summed E-state index contributed by atoms with van der Waals surface area (Å²) in [6.07, 6.45) is 0.287. The van der Waals surface area contributed by atoms with Crippen molar-refractivity contribution in [1.82, 2.24) is 4.98 Å². The molecule has 3 rings (SSSR count). The topological polar surface area (TPSA) is 51.2 Å². The summed E-state index contributed by atoms with van der Waals surface area (Å²) in [4.78, 5) is 18.2. The number of ether oxygens (including phenoxy) is 1. The van der Waals surface area contributed by atoms with Gasteiger partial charge in [0.15, 0.2) is 0 Å². The number of nitrogens with zero attached hydrogens (tertiary/aromatic N) is 1. The second kappa shape index (κ2) is 8.15. The number of aryl methyl sites for hydroxylation is 2. The number of aromatic nitrogens is 1. The van der Waals surface area contributed by atoms with Crippen LogP contribution in [0.15, 0.2) is 48.5 Å². The van der Waals surface area contributed by atoms with E-state index < -0.39 is 0 Å². The predicted octanol–water partition coefficient (Wildman–Crippen LogP) is 5.01. The lowest BCUT2D eigenvalue weighted by Crippen LogP contribution is -2.15. The molecule has 0 aliphatic rings. The molecule has 0 aliphatic carbocycles. The molecule has 1 N–H and O–H groups in total. The third-order valence-electron chi connectivity index (χ3n) is 3.91. The molecule has 26 heavy (non-hydrogen) atoms. The van der Waals surface area contributed by atoms with Gasteiger partial charge in [-0.1, -0.05) is 42.0 Å². The van der Waals surface area contributed by atoms with Gasteiger partial charge in [0.1, 0.15) is 5.75 Å². The molecular formula is C21H22N2O2S. The summed E-state index contributed by atoms with van der Waals surface area (Å²) in [7, 11) is 0. The number of benzene rings is 2. The Morgan fingerprint density at radius 2 is 1.85 bits per heavy atom. The lowest BCUT2D eigenvalue weighted by molar-refractivity contribution is -0.115. The molecule has 3 aromatic rings. The first-order valence-corrected chi connectivity index (χ1v) is 9.43. The molecule has 0 radical (unpaired) electrons. The van der Waals surface area contributed by atoms with E-state index in [9.17, 15) is 4.79 Å². The van der Waals surface area contributed by atoms with Crippen molar-refractivity contribution in [3.63, 3.8) is 0 Å². The number of anilines is 1. The molecule has 1 amide bonds. The SMILES string of the molecule is CCOc1ccccc1NC(=O)Cc1sc(C)nc1-c1ccc(C)cc1. The molecule has 0 aliphatic heterocycles. The Bertz CT molecular complexity index is 901. The first kappa shape index (κ1) is 18.1. The maximum Gasteiger partial charge on any atom is 0.229 e. The van der Waals surface area contributed by atoms with Crippen LogP contribution in [0.4, 0.5) is 5.69 Å². The summed E-state index contributed by atoms with van der Waals surface area (Å²) in [6.45, 7) is 6.50. The van der Waals surface area contributed by atoms with Crippen LogP contribution in [0.25, 0.3) is 11.3 Å². The number of amides is 1. The van der Waals surface area contributed by atoms with Crippen LogP contribution in [0.2, 0.25) is 0 Å². The van der Waals surface area contributed by atoms with E-state index in [1.807, 2.05) is 38.1 Å². The average Bonchev–Trinajstić information content (AvgIpc) is 2.97. The zero-order valence-electron chi connectivity index (χ0n) is 15.2. The third-order valence-corrected chi connectivity index (χ3v) is 4.88. The summed E-state index contributed by atoms with van der Waals surface area (Å²) >= 11 is 1.56. The van der Waals surface area contributed by atoms with E-state index in [-0.39, 0.29) is 12.3 Å². The zero-order chi connectivity index (χ0) is 18.5. The molecule has 0 unspecified atom stereocenters. The standard InChI is InChI=1S/C21H22N2O2S/c1-4-25-18-8-6-5-7-17(18)23-20(24)13-19-21(22-15(3)26-19)16-11-9-14(2)10-12-16/h5-12H,4,13H2,1-3H3,(H,23,24). The largest absolute Gasteiger partial charge is 0.492 e. The fourth-order valence-corrected chi connectivity index (χ4v) is 3.67. The van der Waals surface area contributed by atoms with Gasteiger partial charge in [-0.2, -0.15) is 0 Å². The Hall–Kier alpha value is -2.66.